The van der Waals surface area contributed by atoms with Crippen LogP contribution in [0.2, 0.25) is 0 Å². The van der Waals surface area contributed by atoms with Gasteiger partial charge in [-0.1, -0.05) is 6.07 Å². The molecule has 1 N–H and O–H groups in total. The van der Waals surface area contributed by atoms with Crippen molar-refractivity contribution in [1.82, 2.24) is 14.9 Å². The van der Waals surface area contributed by atoms with Gasteiger partial charge in [-0.15, -0.1) is 0 Å². The number of morpholine rings is 1. The molecule has 1 saturated heterocycles. The summed E-state index contributed by atoms with van der Waals surface area (Å²) >= 11 is 0. The first-order valence-electron chi connectivity index (χ1n) is 8.46. The first-order valence-corrected chi connectivity index (χ1v) is 8.46. The zero-order valence-corrected chi connectivity index (χ0v) is 13.5. The van der Waals surface area contributed by atoms with E-state index < -0.39 is 0 Å². The topological polar surface area (TPSA) is 50.3 Å². The molecule has 0 spiro atoms. The molecule has 0 unspecified atom stereocenters. The van der Waals surface area contributed by atoms with Crippen LogP contribution in [0.5, 0.6) is 0 Å². The molecule has 126 valence electrons. The number of aromatic nitrogens is 2. The molecular weight excluding hydrogens is 307 g/mol. The molecule has 1 aliphatic heterocycles. The monoisotopic (exact) mass is 328 g/mol. The second-order valence-electron chi connectivity index (χ2n) is 6.50. The number of hydrogen-bond acceptors (Lipinski definition) is 5. The highest BCUT2D eigenvalue weighted by atomic mass is 19.1. The summed E-state index contributed by atoms with van der Waals surface area (Å²) in [6.07, 6.45) is 3.92. The van der Waals surface area contributed by atoms with Crippen molar-refractivity contribution < 1.29 is 9.13 Å². The van der Waals surface area contributed by atoms with Gasteiger partial charge in [0.05, 0.1) is 18.5 Å². The van der Waals surface area contributed by atoms with Crippen LogP contribution in [0.4, 0.5) is 16.0 Å². The zero-order valence-electron chi connectivity index (χ0n) is 13.5. The number of pyridine rings is 2. The summed E-state index contributed by atoms with van der Waals surface area (Å²) in [6.45, 7) is 3.82. The minimum Gasteiger partial charge on any atom is -0.369 e. The SMILES string of the molecule is Fc1ccc(Nc2cccc([C@H]3CN(CC4CC4)CCO3)n2)nc1. The van der Waals surface area contributed by atoms with Crippen molar-refractivity contribution in [3.63, 3.8) is 0 Å². The van der Waals surface area contributed by atoms with Gasteiger partial charge in [0.1, 0.15) is 23.6 Å². The number of halogens is 1. The minimum atomic E-state index is -0.353. The average molecular weight is 328 g/mol. The average Bonchev–Trinajstić information content (AvgIpc) is 3.42. The lowest BCUT2D eigenvalue weighted by molar-refractivity contribution is -0.0333. The van der Waals surface area contributed by atoms with Gasteiger partial charge in [-0.2, -0.15) is 0 Å². The molecule has 24 heavy (non-hydrogen) atoms. The van der Waals surface area contributed by atoms with E-state index in [0.29, 0.717) is 11.6 Å². The molecule has 2 aromatic rings. The maximum atomic E-state index is 12.9. The molecule has 2 fully saturated rings. The molecule has 0 radical (unpaired) electrons. The summed E-state index contributed by atoms with van der Waals surface area (Å²) in [4.78, 5) is 11.1. The molecule has 2 aromatic heterocycles. The first kappa shape index (κ1) is 15.5. The van der Waals surface area contributed by atoms with E-state index in [1.807, 2.05) is 18.2 Å². The van der Waals surface area contributed by atoms with Crippen LogP contribution in [-0.4, -0.2) is 41.1 Å². The van der Waals surface area contributed by atoms with Crippen LogP contribution in [-0.2, 0) is 4.74 Å². The fourth-order valence-electron chi connectivity index (χ4n) is 2.99. The predicted molar refractivity (Wildman–Crippen MR) is 89.6 cm³/mol. The summed E-state index contributed by atoms with van der Waals surface area (Å²) in [6, 6.07) is 8.79. The van der Waals surface area contributed by atoms with Crippen LogP contribution in [0.1, 0.15) is 24.6 Å². The van der Waals surface area contributed by atoms with Crippen LogP contribution >= 0.6 is 0 Å². The van der Waals surface area contributed by atoms with E-state index in [4.69, 9.17) is 4.74 Å². The minimum absolute atomic E-state index is 0.000395. The van der Waals surface area contributed by atoms with Crippen molar-refractivity contribution in [2.75, 3.05) is 31.6 Å². The molecule has 2 aliphatic rings. The molecule has 5 nitrogen and oxygen atoms in total. The number of anilines is 2. The normalized spacial score (nSPS) is 21.6. The number of ether oxygens (including phenoxy) is 1. The van der Waals surface area contributed by atoms with E-state index in [9.17, 15) is 4.39 Å². The lowest BCUT2D eigenvalue weighted by Crippen LogP contribution is -2.39. The van der Waals surface area contributed by atoms with Gasteiger partial charge in [0, 0.05) is 19.6 Å². The standard InChI is InChI=1S/C18H21FN4O/c19-14-6-7-17(20-10-14)22-18-3-1-2-15(21-18)16-12-23(8-9-24-16)11-13-4-5-13/h1-3,6-7,10,13,16H,4-5,8-9,11-12H2,(H,20,21,22)/t16-/m1/s1. The van der Waals surface area contributed by atoms with Gasteiger partial charge in [0.15, 0.2) is 0 Å². The predicted octanol–water partition coefficient (Wildman–Crippen LogP) is 3.14. The molecule has 1 atom stereocenters. The molecule has 0 bridgehead atoms. The van der Waals surface area contributed by atoms with E-state index in [1.54, 1.807) is 6.07 Å². The molecule has 1 aliphatic carbocycles. The smallest absolute Gasteiger partial charge is 0.141 e. The van der Waals surface area contributed by atoms with Crippen LogP contribution in [0.3, 0.4) is 0 Å². The Morgan fingerprint density at radius 3 is 2.92 bits per heavy atom. The van der Waals surface area contributed by atoms with Crippen molar-refractivity contribution >= 4 is 11.6 Å². The molecule has 1 saturated carbocycles. The summed E-state index contributed by atoms with van der Waals surface area (Å²) in [5.41, 5.74) is 0.919. The highest BCUT2D eigenvalue weighted by Crippen LogP contribution is 2.31. The second-order valence-corrected chi connectivity index (χ2v) is 6.50. The summed E-state index contributed by atoms with van der Waals surface area (Å²) in [5.74, 6) is 1.79. The number of nitrogens with zero attached hydrogens (tertiary/aromatic N) is 3. The highest BCUT2D eigenvalue weighted by molar-refractivity contribution is 5.51. The lowest BCUT2D eigenvalue weighted by atomic mass is 10.1. The third-order valence-corrected chi connectivity index (χ3v) is 4.45. The summed E-state index contributed by atoms with van der Waals surface area (Å²) < 4.78 is 18.9. The van der Waals surface area contributed by atoms with Crippen molar-refractivity contribution in [3.05, 3.63) is 48.0 Å². The summed E-state index contributed by atoms with van der Waals surface area (Å²) in [7, 11) is 0. The molecule has 4 rings (SSSR count). The summed E-state index contributed by atoms with van der Waals surface area (Å²) in [5, 5.41) is 3.11. The van der Waals surface area contributed by atoms with Crippen LogP contribution in [0.15, 0.2) is 36.5 Å². The van der Waals surface area contributed by atoms with Gasteiger partial charge in [-0.25, -0.2) is 14.4 Å². The third-order valence-electron chi connectivity index (χ3n) is 4.45. The van der Waals surface area contributed by atoms with Crippen LogP contribution in [0, 0.1) is 11.7 Å². The fraction of sp³-hybridized carbons (Fsp3) is 0.444. The number of rotatable bonds is 5. The van der Waals surface area contributed by atoms with Gasteiger partial charge >= 0.3 is 0 Å². The van der Waals surface area contributed by atoms with Crippen molar-refractivity contribution in [2.24, 2.45) is 5.92 Å². The maximum Gasteiger partial charge on any atom is 0.141 e. The Hall–Kier alpha value is -2.05. The van der Waals surface area contributed by atoms with Crippen molar-refractivity contribution in [2.45, 2.75) is 18.9 Å². The van der Waals surface area contributed by atoms with E-state index in [2.05, 4.69) is 20.2 Å². The van der Waals surface area contributed by atoms with Gasteiger partial charge in [0.2, 0.25) is 0 Å². The Kier molecular flexibility index (Phi) is 4.40. The molecule has 6 heteroatoms. The number of nitrogens with one attached hydrogen (secondary N) is 1. The van der Waals surface area contributed by atoms with E-state index >= 15 is 0 Å². The Morgan fingerprint density at radius 2 is 2.12 bits per heavy atom. The molecule has 0 aromatic carbocycles. The third kappa shape index (κ3) is 3.88. The van der Waals surface area contributed by atoms with Crippen molar-refractivity contribution in [3.8, 4) is 0 Å². The van der Waals surface area contributed by atoms with E-state index in [-0.39, 0.29) is 11.9 Å². The fourth-order valence-corrected chi connectivity index (χ4v) is 2.99. The van der Waals surface area contributed by atoms with Gasteiger partial charge < -0.3 is 10.1 Å². The largest absolute Gasteiger partial charge is 0.369 e. The lowest BCUT2D eigenvalue weighted by Gasteiger charge is -2.32. The Morgan fingerprint density at radius 1 is 1.21 bits per heavy atom. The Balaban J connectivity index is 1.44. The quantitative estimate of drug-likeness (QED) is 0.914. The van der Waals surface area contributed by atoms with Crippen LogP contribution in [0.25, 0.3) is 0 Å². The van der Waals surface area contributed by atoms with E-state index in [1.165, 1.54) is 31.6 Å². The second kappa shape index (κ2) is 6.83. The Labute approximate surface area is 140 Å². The molecule has 3 heterocycles. The number of hydrogen-bond donors (Lipinski definition) is 1. The Bertz CT molecular complexity index is 690. The van der Waals surface area contributed by atoms with Crippen LogP contribution < -0.4 is 5.32 Å². The van der Waals surface area contributed by atoms with E-state index in [0.717, 1.165) is 31.3 Å². The highest BCUT2D eigenvalue weighted by Gasteiger charge is 2.29. The van der Waals surface area contributed by atoms with Gasteiger partial charge in [0.25, 0.3) is 0 Å². The van der Waals surface area contributed by atoms with Gasteiger partial charge in [-0.3, -0.25) is 4.90 Å². The van der Waals surface area contributed by atoms with Crippen molar-refractivity contribution in [1.29, 1.82) is 0 Å². The molecular formula is C18H21FN4O. The first-order chi connectivity index (χ1) is 11.8. The molecule has 0 amide bonds. The van der Waals surface area contributed by atoms with Gasteiger partial charge in [-0.05, 0) is 43.0 Å². The zero-order chi connectivity index (χ0) is 16.4. The maximum absolute atomic E-state index is 12.9.